The fourth-order valence-electron chi connectivity index (χ4n) is 3.88. The summed E-state index contributed by atoms with van der Waals surface area (Å²) in [4.78, 5) is 9.72. The highest BCUT2D eigenvalue weighted by atomic mass is 16.5. The van der Waals surface area contributed by atoms with E-state index >= 15 is 0 Å². The van der Waals surface area contributed by atoms with Gasteiger partial charge >= 0.3 is 0 Å². The monoisotopic (exact) mass is 442 g/mol. The number of hydrogen-bond acceptors (Lipinski definition) is 6. The van der Waals surface area contributed by atoms with Crippen molar-refractivity contribution >= 4 is 11.6 Å². The van der Waals surface area contributed by atoms with Crippen molar-refractivity contribution in [2.45, 2.75) is 33.2 Å². The van der Waals surface area contributed by atoms with E-state index in [-0.39, 0.29) is 0 Å². The third-order valence-electron chi connectivity index (χ3n) is 5.71. The second kappa shape index (κ2) is 12.9. The molecule has 0 saturated carbocycles. The van der Waals surface area contributed by atoms with Crippen LogP contribution in [0.4, 0.5) is 5.69 Å². The highest BCUT2D eigenvalue weighted by Gasteiger charge is 2.16. The smallest absolute Gasteiger partial charge is 0.191 e. The summed E-state index contributed by atoms with van der Waals surface area (Å²) in [6, 6.07) is 8.35. The average Bonchev–Trinajstić information content (AvgIpc) is 3.30. The van der Waals surface area contributed by atoms with E-state index in [1.165, 1.54) is 5.69 Å². The highest BCUT2D eigenvalue weighted by molar-refractivity contribution is 5.79. The topological polar surface area (TPSA) is 82.8 Å². The fourth-order valence-corrected chi connectivity index (χ4v) is 3.88. The number of nitrogens with zero attached hydrogens (tertiary/aromatic N) is 6. The second-order valence-electron chi connectivity index (χ2n) is 7.86. The molecular formula is C23H38N8O. The van der Waals surface area contributed by atoms with Crippen LogP contribution < -0.4 is 20.3 Å². The Morgan fingerprint density at radius 2 is 1.84 bits per heavy atom. The predicted molar refractivity (Wildman–Crippen MR) is 130 cm³/mol. The van der Waals surface area contributed by atoms with Crippen molar-refractivity contribution in [3.63, 3.8) is 0 Å². The molecule has 3 rings (SSSR count). The lowest BCUT2D eigenvalue weighted by Gasteiger charge is -2.36. The molecule has 1 aliphatic heterocycles. The Kier molecular flexibility index (Phi) is 9.61. The van der Waals surface area contributed by atoms with Crippen LogP contribution in [0, 0.1) is 0 Å². The van der Waals surface area contributed by atoms with Crippen molar-refractivity contribution < 1.29 is 4.74 Å². The summed E-state index contributed by atoms with van der Waals surface area (Å²) >= 11 is 0. The van der Waals surface area contributed by atoms with Crippen LogP contribution in [0.5, 0.6) is 5.75 Å². The number of hydrogen-bond donors (Lipinski definition) is 2. The fraction of sp³-hybridized carbons (Fsp3) is 0.609. The number of piperazine rings is 1. The first-order valence-electron chi connectivity index (χ1n) is 11.7. The van der Waals surface area contributed by atoms with Crippen LogP contribution in [-0.2, 0) is 13.0 Å². The van der Waals surface area contributed by atoms with Gasteiger partial charge in [-0.2, -0.15) is 0 Å². The standard InChI is InChI=1S/C23H38N8O/c1-4-22-28-27-19-31(22)14-12-26-23(24-5-2)25-11-6-13-29-15-17-30(18-16-29)20-7-9-21(32-3)10-8-20/h7-10,19H,4-6,11-18H2,1-3H3,(H2,24,25,26). The number of methoxy groups -OCH3 is 1. The van der Waals surface area contributed by atoms with Crippen LogP contribution in [0.15, 0.2) is 35.6 Å². The van der Waals surface area contributed by atoms with E-state index in [4.69, 9.17) is 9.73 Å². The van der Waals surface area contributed by atoms with Gasteiger partial charge < -0.3 is 24.8 Å². The lowest BCUT2D eigenvalue weighted by atomic mass is 10.2. The molecule has 0 unspecified atom stereocenters. The van der Waals surface area contributed by atoms with Crippen LogP contribution in [0.3, 0.4) is 0 Å². The van der Waals surface area contributed by atoms with Crippen molar-refractivity contribution in [1.29, 1.82) is 0 Å². The minimum atomic E-state index is 0.796. The number of benzene rings is 1. The Morgan fingerprint density at radius 3 is 2.53 bits per heavy atom. The number of nitrogens with one attached hydrogen (secondary N) is 2. The Bertz CT molecular complexity index is 812. The lowest BCUT2D eigenvalue weighted by molar-refractivity contribution is 0.256. The Morgan fingerprint density at radius 1 is 1.06 bits per heavy atom. The molecule has 32 heavy (non-hydrogen) atoms. The molecule has 0 radical (unpaired) electrons. The number of guanidine groups is 1. The number of anilines is 1. The summed E-state index contributed by atoms with van der Waals surface area (Å²) in [5, 5.41) is 14.9. The zero-order chi connectivity index (χ0) is 22.6. The van der Waals surface area contributed by atoms with E-state index in [0.29, 0.717) is 0 Å². The molecule has 2 heterocycles. The molecular weight excluding hydrogens is 404 g/mol. The first-order chi connectivity index (χ1) is 15.7. The van der Waals surface area contributed by atoms with Crippen LogP contribution in [0.1, 0.15) is 26.1 Å². The van der Waals surface area contributed by atoms with Crippen molar-refractivity contribution in [1.82, 2.24) is 30.3 Å². The number of rotatable bonds is 11. The molecule has 1 fully saturated rings. The van der Waals surface area contributed by atoms with Gasteiger partial charge in [-0.1, -0.05) is 6.92 Å². The van der Waals surface area contributed by atoms with E-state index < -0.39 is 0 Å². The molecule has 2 aromatic rings. The Hall–Kier alpha value is -2.81. The van der Waals surface area contributed by atoms with Crippen LogP contribution in [-0.4, -0.2) is 85.1 Å². The van der Waals surface area contributed by atoms with E-state index in [1.54, 1.807) is 13.4 Å². The largest absolute Gasteiger partial charge is 0.497 e. The van der Waals surface area contributed by atoms with Gasteiger partial charge in [0.05, 0.1) is 7.11 Å². The van der Waals surface area contributed by atoms with Gasteiger partial charge in [0.15, 0.2) is 5.96 Å². The van der Waals surface area contributed by atoms with Crippen LogP contribution in [0.2, 0.25) is 0 Å². The number of aryl methyl sites for hydroxylation is 1. The second-order valence-corrected chi connectivity index (χ2v) is 7.86. The Labute approximate surface area is 191 Å². The van der Waals surface area contributed by atoms with Crippen molar-refractivity contribution in [2.75, 3.05) is 64.4 Å². The molecule has 176 valence electrons. The highest BCUT2D eigenvalue weighted by Crippen LogP contribution is 2.20. The summed E-state index contributed by atoms with van der Waals surface area (Å²) in [5.74, 6) is 2.80. The molecule has 1 saturated heterocycles. The molecule has 0 amide bonds. The molecule has 0 spiro atoms. The lowest BCUT2D eigenvalue weighted by Crippen LogP contribution is -2.46. The van der Waals surface area contributed by atoms with Gasteiger partial charge in [-0.3, -0.25) is 9.89 Å². The van der Waals surface area contributed by atoms with Gasteiger partial charge in [0.1, 0.15) is 17.9 Å². The van der Waals surface area contributed by atoms with Crippen molar-refractivity contribution in [3.05, 3.63) is 36.4 Å². The molecule has 1 aliphatic rings. The number of aliphatic imine (C=N–C) groups is 1. The van der Waals surface area contributed by atoms with Crippen LogP contribution in [0.25, 0.3) is 0 Å². The molecule has 1 aromatic heterocycles. The van der Waals surface area contributed by atoms with Gasteiger partial charge in [-0.05, 0) is 37.6 Å². The maximum atomic E-state index is 5.26. The molecule has 1 aromatic carbocycles. The van der Waals surface area contributed by atoms with Crippen LogP contribution >= 0.6 is 0 Å². The summed E-state index contributed by atoms with van der Waals surface area (Å²) in [6.45, 7) is 12.9. The third kappa shape index (κ3) is 7.12. The van der Waals surface area contributed by atoms with Crippen molar-refractivity contribution in [2.24, 2.45) is 4.99 Å². The maximum Gasteiger partial charge on any atom is 0.191 e. The molecule has 9 nitrogen and oxygen atoms in total. The SMILES string of the molecule is CCNC(=NCCCN1CCN(c2ccc(OC)cc2)CC1)NCCn1cnnc1CC. The zero-order valence-corrected chi connectivity index (χ0v) is 19.8. The third-order valence-corrected chi connectivity index (χ3v) is 5.71. The summed E-state index contributed by atoms with van der Waals surface area (Å²) in [7, 11) is 1.70. The molecule has 0 atom stereocenters. The van der Waals surface area contributed by atoms with Gasteiger partial charge in [0, 0.05) is 71.0 Å². The normalized spacial score (nSPS) is 15.1. The zero-order valence-electron chi connectivity index (χ0n) is 19.8. The van der Waals surface area contributed by atoms with Gasteiger partial charge in [-0.25, -0.2) is 0 Å². The van der Waals surface area contributed by atoms with Gasteiger partial charge in [0.25, 0.3) is 0 Å². The van der Waals surface area contributed by atoms with E-state index in [0.717, 1.165) is 89.3 Å². The van der Waals surface area contributed by atoms with E-state index in [9.17, 15) is 0 Å². The minimum Gasteiger partial charge on any atom is -0.497 e. The first kappa shape index (κ1) is 23.8. The first-order valence-corrected chi connectivity index (χ1v) is 11.7. The molecule has 9 heteroatoms. The number of aromatic nitrogens is 3. The summed E-state index contributed by atoms with van der Waals surface area (Å²) in [6.07, 6.45) is 3.74. The van der Waals surface area contributed by atoms with Crippen molar-refractivity contribution in [3.8, 4) is 5.75 Å². The van der Waals surface area contributed by atoms with E-state index in [2.05, 4.69) is 61.2 Å². The molecule has 0 bridgehead atoms. The maximum absolute atomic E-state index is 5.26. The van der Waals surface area contributed by atoms with Gasteiger partial charge in [-0.15, -0.1) is 10.2 Å². The molecule has 0 aliphatic carbocycles. The Balaban J connectivity index is 1.35. The summed E-state index contributed by atoms with van der Waals surface area (Å²) < 4.78 is 7.34. The number of ether oxygens (including phenoxy) is 1. The summed E-state index contributed by atoms with van der Waals surface area (Å²) in [5.41, 5.74) is 1.27. The average molecular weight is 443 g/mol. The molecule has 2 N–H and O–H groups in total. The van der Waals surface area contributed by atoms with Gasteiger partial charge in [0.2, 0.25) is 0 Å². The minimum absolute atomic E-state index is 0.796. The predicted octanol–water partition coefficient (Wildman–Crippen LogP) is 1.62. The van der Waals surface area contributed by atoms with E-state index in [1.807, 2.05) is 12.1 Å². The quantitative estimate of drug-likeness (QED) is 0.311.